The third-order valence-electron chi connectivity index (χ3n) is 4.67. The Morgan fingerprint density at radius 2 is 1.79 bits per heavy atom. The first kappa shape index (κ1) is 18.6. The van der Waals surface area contributed by atoms with E-state index in [9.17, 15) is 9.90 Å². The summed E-state index contributed by atoms with van der Waals surface area (Å²) in [7, 11) is 0. The number of benzene rings is 2. The summed E-state index contributed by atoms with van der Waals surface area (Å²) in [4.78, 5) is 14.5. The van der Waals surface area contributed by atoms with Crippen molar-refractivity contribution in [1.82, 2.24) is 10.2 Å². The summed E-state index contributed by atoms with van der Waals surface area (Å²) in [5.41, 5.74) is 3.32. The van der Waals surface area contributed by atoms with E-state index in [4.69, 9.17) is 0 Å². The fraction of sp³-hybridized carbons (Fsp3) is 0.278. The first-order valence-corrected chi connectivity index (χ1v) is 7.63. The lowest BCUT2D eigenvalue weighted by atomic mass is 9.80. The maximum absolute atomic E-state index is 12.3. The molecule has 1 fully saturated rings. The van der Waals surface area contributed by atoms with E-state index in [2.05, 4.69) is 22.3 Å². The Morgan fingerprint density at radius 3 is 2.54 bits per heavy atom. The van der Waals surface area contributed by atoms with Crippen LogP contribution in [0.15, 0.2) is 48.5 Å². The van der Waals surface area contributed by atoms with E-state index in [0.717, 1.165) is 24.2 Å². The van der Waals surface area contributed by atoms with Gasteiger partial charge in [0.05, 0.1) is 0 Å². The van der Waals surface area contributed by atoms with Crippen LogP contribution in [0.25, 0.3) is 0 Å². The van der Waals surface area contributed by atoms with Crippen LogP contribution in [0.2, 0.25) is 0 Å². The molecule has 0 spiro atoms. The maximum atomic E-state index is 12.3. The van der Waals surface area contributed by atoms with Crippen molar-refractivity contribution in [2.24, 2.45) is 0 Å². The highest BCUT2D eigenvalue weighted by molar-refractivity contribution is 5.86. The Kier molecular flexibility index (Phi) is 5.75. The van der Waals surface area contributed by atoms with E-state index in [1.807, 2.05) is 24.3 Å². The zero-order valence-electron chi connectivity index (χ0n) is 13.0. The molecule has 2 atom stereocenters. The largest absolute Gasteiger partial charge is 0.508 e. The number of phenols is 1. The summed E-state index contributed by atoms with van der Waals surface area (Å²) in [6.07, 6.45) is 0. The molecule has 0 saturated carbocycles. The highest BCUT2D eigenvalue weighted by atomic mass is 35.5. The van der Waals surface area contributed by atoms with Crippen LogP contribution in [0.1, 0.15) is 28.7 Å². The van der Waals surface area contributed by atoms with Gasteiger partial charge in [0.25, 0.3) is 0 Å². The summed E-state index contributed by atoms with van der Waals surface area (Å²) in [6.45, 7) is 2.36. The van der Waals surface area contributed by atoms with Gasteiger partial charge in [-0.05, 0) is 28.8 Å². The molecule has 0 aliphatic carbocycles. The minimum atomic E-state index is -0.282. The van der Waals surface area contributed by atoms with Crippen LogP contribution < -0.4 is 5.32 Å². The normalized spacial score (nSPS) is 22.2. The van der Waals surface area contributed by atoms with Gasteiger partial charge in [-0.25, -0.2) is 0 Å². The van der Waals surface area contributed by atoms with E-state index >= 15 is 0 Å². The number of halogens is 2. The van der Waals surface area contributed by atoms with Crippen molar-refractivity contribution < 1.29 is 9.90 Å². The van der Waals surface area contributed by atoms with Gasteiger partial charge in [-0.2, -0.15) is 0 Å². The second-order valence-electron chi connectivity index (χ2n) is 5.96. The average molecular weight is 367 g/mol. The molecule has 2 aromatic carbocycles. The van der Waals surface area contributed by atoms with Crippen LogP contribution in [0, 0.1) is 0 Å². The average Bonchev–Trinajstić information content (AvgIpc) is 2.54. The smallest absolute Gasteiger partial charge is 0.242 e. The molecule has 128 valence electrons. The van der Waals surface area contributed by atoms with Crippen LogP contribution in [0.5, 0.6) is 5.75 Å². The van der Waals surface area contributed by atoms with Crippen molar-refractivity contribution in [2.75, 3.05) is 19.6 Å². The third-order valence-corrected chi connectivity index (χ3v) is 4.67. The van der Waals surface area contributed by atoms with Crippen molar-refractivity contribution in [3.8, 4) is 5.75 Å². The summed E-state index contributed by atoms with van der Waals surface area (Å²) in [5.74, 6) is 0.481. The van der Waals surface area contributed by atoms with E-state index in [1.54, 1.807) is 12.1 Å². The Balaban J connectivity index is 0.00000104. The highest BCUT2D eigenvalue weighted by Gasteiger charge is 2.39. The Hall–Kier alpha value is -1.75. The zero-order valence-corrected chi connectivity index (χ0v) is 14.6. The van der Waals surface area contributed by atoms with Crippen molar-refractivity contribution >= 4 is 30.7 Å². The van der Waals surface area contributed by atoms with E-state index < -0.39 is 0 Å². The molecule has 2 heterocycles. The van der Waals surface area contributed by atoms with E-state index in [1.165, 1.54) is 5.56 Å². The lowest BCUT2D eigenvalue weighted by molar-refractivity contribution is -0.129. The second-order valence-corrected chi connectivity index (χ2v) is 5.96. The molecule has 0 radical (unpaired) electrons. The molecule has 1 saturated heterocycles. The molecule has 6 heteroatoms. The van der Waals surface area contributed by atoms with Crippen molar-refractivity contribution in [3.05, 3.63) is 65.2 Å². The van der Waals surface area contributed by atoms with Gasteiger partial charge >= 0.3 is 0 Å². The van der Waals surface area contributed by atoms with Crippen LogP contribution >= 0.6 is 24.8 Å². The third kappa shape index (κ3) is 3.09. The predicted molar refractivity (Wildman–Crippen MR) is 98.2 cm³/mol. The molecule has 2 aliphatic heterocycles. The number of carbonyl (C=O) groups excluding carboxylic acids is 1. The van der Waals surface area contributed by atoms with E-state index in [-0.39, 0.29) is 48.4 Å². The number of hydrogen-bond acceptors (Lipinski definition) is 3. The first-order chi connectivity index (χ1) is 10.7. The van der Waals surface area contributed by atoms with Crippen molar-refractivity contribution in [2.45, 2.75) is 12.0 Å². The van der Waals surface area contributed by atoms with Crippen LogP contribution in [-0.4, -0.2) is 35.5 Å². The van der Waals surface area contributed by atoms with Gasteiger partial charge in [-0.1, -0.05) is 36.4 Å². The highest BCUT2D eigenvalue weighted by Crippen LogP contribution is 2.41. The Morgan fingerprint density at radius 1 is 1.04 bits per heavy atom. The van der Waals surface area contributed by atoms with Gasteiger partial charge in [-0.3, -0.25) is 9.69 Å². The topological polar surface area (TPSA) is 52.6 Å². The number of rotatable bonds is 1. The number of aromatic hydroxyl groups is 1. The molecule has 0 aromatic heterocycles. The van der Waals surface area contributed by atoms with Gasteiger partial charge in [-0.15, -0.1) is 24.8 Å². The number of amides is 1. The van der Waals surface area contributed by atoms with Gasteiger partial charge in [0.15, 0.2) is 0 Å². The first-order valence-electron chi connectivity index (χ1n) is 7.63. The quantitative estimate of drug-likeness (QED) is 0.815. The lowest BCUT2D eigenvalue weighted by Gasteiger charge is -2.43. The lowest BCUT2D eigenvalue weighted by Crippen LogP contribution is -2.53. The standard InChI is InChI=1S/C18H18N2O2.2ClH/c21-13-6-7-14-15(10-13)17-18(22)19-8-9-20(17)11-16(14)12-4-2-1-3-5-12;;/h1-7,10,16-17,21H,8-9,11H2,(H,19,22);2*1H. The summed E-state index contributed by atoms with van der Waals surface area (Å²) >= 11 is 0. The van der Waals surface area contributed by atoms with Crippen molar-refractivity contribution in [1.29, 1.82) is 0 Å². The molecule has 2 N–H and O–H groups in total. The van der Waals surface area contributed by atoms with Gasteiger partial charge in [0.1, 0.15) is 11.8 Å². The Labute approximate surface area is 153 Å². The van der Waals surface area contributed by atoms with Crippen LogP contribution in [0.4, 0.5) is 0 Å². The fourth-order valence-electron chi connectivity index (χ4n) is 3.67. The molecular formula is C18H20Cl2N2O2. The van der Waals surface area contributed by atoms with Gasteiger partial charge in [0.2, 0.25) is 5.91 Å². The monoisotopic (exact) mass is 366 g/mol. The number of hydrogen-bond donors (Lipinski definition) is 2. The van der Waals surface area contributed by atoms with Gasteiger partial charge < -0.3 is 10.4 Å². The number of fused-ring (bicyclic) bond motifs is 3. The molecular weight excluding hydrogens is 347 g/mol. The summed E-state index contributed by atoms with van der Waals surface area (Å²) in [5, 5.41) is 12.8. The summed E-state index contributed by atoms with van der Waals surface area (Å²) in [6, 6.07) is 15.5. The molecule has 4 rings (SSSR count). The molecule has 4 nitrogen and oxygen atoms in total. The fourth-order valence-corrected chi connectivity index (χ4v) is 3.67. The molecule has 1 amide bonds. The number of phenolic OH excluding ortho intramolecular Hbond substituents is 1. The zero-order chi connectivity index (χ0) is 15.1. The number of carbonyl (C=O) groups is 1. The molecule has 0 bridgehead atoms. The SMILES string of the molecule is Cl.Cl.O=C1NCCN2CC(c3ccccc3)c3ccc(O)cc3C12. The minimum Gasteiger partial charge on any atom is -0.508 e. The maximum Gasteiger partial charge on any atom is 0.242 e. The number of nitrogens with one attached hydrogen (secondary N) is 1. The van der Waals surface area contributed by atoms with Crippen molar-refractivity contribution in [3.63, 3.8) is 0 Å². The summed E-state index contributed by atoms with van der Waals surface area (Å²) < 4.78 is 0. The predicted octanol–water partition coefficient (Wildman–Crippen LogP) is 2.85. The number of nitrogens with zero attached hydrogens (tertiary/aromatic N) is 1. The molecule has 2 aromatic rings. The number of piperazine rings is 1. The van der Waals surface area contributed by atoms with E-state index in [0.29, 0.717) is 6.54 Å². The van der Waals surface area contributed by atoms with Gasteiger partial charge in [0, 0.05) is 25.6 Å². The Bertz CT molecular complexity index is 724. The second kappa shape index (κ2) is 7.43. The molecule has 24 heavy (non-hydrogen) atoms. The van der Waals surface area contributed by atoms with Crippen LogP contribution in [-0.2, 0) is 4.79 Å². The van der Waals surface area contributed by atoms with Crippen LogP contribution in [0.3, 0.4) is 0 Å². The molecule has 2 unspecified atom stereocenters. The molecule has 2 aliphatic rings. The minimum absolute atomic E-state index is 0.